The number of rotatable bonds is 8. The number of nitrogens with zero attached hydrogens (tertiary/aromatic N) is 1. The summed E-state index contributed by atoms with van der Waals surface area (Å²) in [6, 6.07) is 0.0229. The number of hydrogen-bond donors (Lipinski definition) is 2. The molecule has 1 heterocycles. The van der Waals surface area contributed by atoms with Crippen LogP contribution in [0.5, 0.6) is 0 Å². The number of hydrogen-bond acceptors (Lipinski definition) is 2. The Bertz CT molecular complexity index is 281. The van der Waals surface area contributed by atoms with E-state index in [1.54, 1.807) is 0 Å². The number of nitrogens with one attached hydrogen (secondary N) is 1. The fourth-order valence-corrected chi connectivity index (χ4v) is 2.40. The summed E-state index contributed by atoms with van der Waals surface area (Å²) < 4.78 is 0. The molecular formula is C13H24N2O3. The number of urea groups is 1. The summed E-state index contributed by atoms with van der Waals surface area (Å²) in [6.45, 7) is 4.45. The minimum atomic E-state index is -0.730. The van der Waals surface area contributed by atoms with Crippen LogP contribution >= 0.6 is 0 Å². The highest BCUT2D eigenvalue weighted by molar-refractivity contribution is 5.74. The van der Waals surface area contributed by atoms with Gasteiger partial charge in [-0.15, -0.1) is 0 Å². The van der Waals surface area contributed by atoms with Crippen molar-refractivity contribution >= 4 is 12.0 Å². The molecule has 1 aliphatic rings. The van der Waals surface area contributed by atoms with Gasteiger partial charge in [0.15, 0.2) is 0 Å². The summed E-state index contributed by atoms with van der Waals surface area (Å²) in [5.74, 6) is -0.312. The summed E-state index contributed by atoms with van der Waals surface area (Å²) in [5.41, 5.74) is 0. The third-order valence-corrected chi connectivity index (χ3v) is 3.44. The zero-order valence-corrected chi connectivity index (χ0v) is 11.2. The van der Waals surface area contributed by atoms with Gasteiger partial charge in [0.2, 0.25) is 0 Å². The molecule has 0 aliphatic carbocycles. The van der Waals surface area contributed by atoms with E-state index < -0.39 is 5.97 Å². The monoisotopic (exact) mass is 256 g/mol. The Labute approximate surface area is 109 Å². The smallest absolute Gasteiger partial charge is 0.317 e. The van der Waals surface area contributed by atoms with E-state index in [9.17, 15) is 9.59 Å². The number of carboxylic acid groups (broad SMARTS) is 1. The van der Waals surface area contributed by atoms with Crippen molar-refractivity contribution in [1.82, 2.24) is 10.2 Å². The van der Waals surface area contributed by atoms with Gasteiger partial charge in [-0.1, -0.05) is 19.8 Å². The predicted octanol–water partition coefficient (Wildman–Crippen LogP) is 2.07. The first kappa shape index (κ1) is 14.8. The average Bonchev–Trinajstić information content (AvgIpc) is 2.34. The number of carbonyl (C=O) groups is 2. The van der Waals surface area contributed by atoms with Crippen LogP contribution in [0.2, 0.25) is 0 Å². The maximum atomic E-state index is 11.6. The standard InChI is InChI=1S/C13H24N2O3/c1-2-4-11(5-6-12(16)17)7-10-15-9-3-8-14-13(15)18/h11H,2-10H2,1H3,(H,14,18)(H,16,17). The van der Waals surface area contributed by atoms with Crippen LogP contribution in [-0.2, 0) is 4.79 Å². The van der Waals surface area contributed by atoms with Gasteiger partial charge < -0.3 is 15.3 Å². The molecule has 1 aliphatic heterocycles. The zero-order chi connectivity index (χ0) is 13.4. The fourth-order valence-electron chi connectivity index (χ4n) is 2.40. The van der Waals surface area contributed by atoms with Crippen molar-refractivity contribution in [3.05, 3.63) is 0 Å². The van der Waals surface area contributed by atoms with Crippen molar-refractivity contribution in [2.75, 3.05) is 19.6 Å². The molecule has 1 saturated heterocycles. The average molecular weight is 256 g/mol. The molecule has 104 valence electrons. The molecule has 5 nitrogen and oxygen atoms in total. The zero-order valence-electron chi connectivity index (χ0n) is 11.2. The molecule has 0 spiro atoms. The molecule has 0 bridgehead atoms. The molecule has 0 aromatic rings. The van der Waals surface area contributed by atoms with Gasteiger partial charge in [0.1, 0.15) is 0 Å². The van der Waals surface area contributed by atoms with E-state index in [2.05, 4.69) is 12.2 Å². The van der Waals surface area contributed by atoms with Gasteiger partial charge >= 0.3 is 12.0 Å². The van der Waals surface area contributed by atoms with Gasteiger partial charge in [0.05, 0.1) is 0 Å². The Morgan fingerprint density at radius 1 is 1.44 bits per heavy atom. The highest BCUT2D eigenvalue weighted by Crippen LogP contribution is 2.18. The molecule has 18 heavy (non-hydrogen) atoms. The molecule has 1 unspecified atom stereocenters. The van der Waals surface area contributed by atoms with E-state index in [-0.39, 0.29) is 12.5 Å². The van der Waals surface area contributed by atoms with Crippen LogP contribution in [-0.4, -0.2) is 41.6 Å². The van der Waals surface area contributed by atoms with Crippen LogP contribution in [0.3, 0.4) is 0 Å². The van der Waals surface area contributed by atoms with Crippen LogP contribution in [0.15, 0.2) is 0 Å². The first-order valence-corrected chi connectivity index (χ1v) is 6.88. The molecule has 5 heteroatoms. The van der Waals surface area contributed by atoms with E-state index in [0.717, 1.165) is 51.7 Å². The van der Waals surface area contributed by atoms with Crippen molar-refractivity contribution in [2.45, 2.75) is 45.4 Å². The van der Waals surface area contributed by atoms with Gasteiger partial charge in [-0.05, 0) is 25.2 Å². The Kier molecular flexibility index (Phi) is 6.54. The summed E-state index contributed by atoms with van der Waals surface area (Å²) in [4.78, 5) is 24.0. The molecule has 2 N–H and O–H groups in total. The van der Waals surface area contributed by atoms with Gasteiger partial charge in [-0.25, -0.2) is 4.79 Å². The number of carbonyl (C=O) groups excluding carboxylic acids is 1. The highest BCUT2D eigenvalue weighted by atomic mass is 16.4. The number of amides is 2. The van der Waals surface area contributed by atoms with Gasteiger partial charge in [0, 0.05) is 26.1 Å². The quantitative estimate of drug-likeness (QED) is 0.698. The van der Waals surface area contributed by atoms with Crippen LogP contribution in [0.4, 0.5) is 4.79 Å². The first-order chi connectivity index (χ1) is 8.63. The number of carboxylic acids is 1. The minimum absolute atomic E-state index is 0.0229. The third-order valence-electron chi connectivity index (χ3n) is 3.44. The van der Waals surface area contributed by atoms with Crippen molar-refractivity contribution in [1.29, 1.82) is 0 Å². The third kappa shape index (κ3) is 5.38. The molecule has 0 aromatic carbocycles. The second kappa shape index (κ2) is 7.95. The predicted molar refractivity (Wildman–Crippen MR) is 69.5 cm³/mol. The van der Waals surface area contributed by atoms with Crippen LogP contribution < -0.4 is 5.32 Å². The van der Waals surface area contributed by atoms with Crippen LogP contribution in [0.1, 0.15) is 45.4 Å². The Hall–Kier alpha value is -1.26. The molecule has 1 fully saturated rings. The van der Waals surface area contributed by atoms with E-state index in [4.69, 9.17) is 5.11 Å². The number of aliphatic carboxylic acids is 1. The lowest BCUT2D eigenvalue weighted by Gasteiger charge is -2.29. The van der Waals surface area contributed by atoms with E-state index in [1.165, 1.54) is 0 Å². The summed E-state index contributed by atoms with van der Waals surface area (Å²) in [6.07, 6.45) is 4.97. The highest BCUT2D eigenvalue weighted by Gasteiger charge is 2.19. The minimum Gasteiger partial charge on any atom is -0.481 e. The van der Waals surface area contributed by atoms with E-state index in [0.29, 0.717) is 5.92 Å². The molecule has 0 saturated carbocycles. The largest absolute Gasteiger partial charge is 0.481 e. The van der Waals surface area contributed by atoms with Crippen LogP contribution in [0.25, 0.3) is 0 Å². The lowest BCUT2D eigenvalue weighted by molar-refractivity contribution is -0.137. The molecule has 1 atom stereocenters. The molecular weight excluding hydrogens is 232 g/mol. The van der Waals surface area contributed by atoms with Crippen LogP contribution in [0, 0.1) is 5.92 Å². The Morgan fingerprint density at radius 2 is 2.22 bits per heavy atom. The second-order valence-electron chi connectivity index (χ2n) is 4.95. The van der Waals surface area contributed by atoms with Gasteiger partial charge in [0.25, 0.3) is 0 Å². The Morgan fingerprint density at radius 3 is 2.83 bits per heavy atom. The van der Waals surface area contributed by atoms with Crippen molar-refractivity contribution in [2.24, 2.45) is 5.92 Å². The maximum Gasteiger partial charge on any atom is 0.317 e. The van der Waals surface area contributed by atoms with E-state index in [1.807, 2.05) is 4.90 Å². The fraction of sp³-hybridized carbons (Fsp3) is 0.846. The summed E-state index contributed by atoms with van der Waals surface area (Å²) >= 11 is 0. The van der Waals surface area contributed by atoms with Gasteiger partial charge in [-0.3, -0.25) is 4.79 Å². The SMILES string of the molecule is CCCC(CCC(=O)O)CCN1CCCNC1=O. The first-order valence-electron chi connectivity index (χ1n) is 6.88. The van der Waals surface area contributed by atoms with Gasteiger partial charge in [-0.2, -0.15) is 0 Å². The Balaban J connectivity index is 2.31. The van der Waals surface area contributed by atoms with Crippen molar-refractivity contribution in [3.63, 3.8) is 0 Å². The maximum absolute atomic E-state index is 11.6. The lowest BCUT2D eigenvalue weighted by atomic mass is 9.94. The summed E-state index contributed by atoms with van der Waals surface area (Å²) in [5, 5.41) is 11.5. The molecule has 2 amide bonds. The second-order valence-corrected chi connectivity index (χ2v) is 4.95. The molecule has 1 rings (SSSR count). The molecule has 0 radical (unpaired) electrons. The normalized spacial score (nSPS) is 17.4. The topological polar surface area (TPSA) is 69.6 Å². The molecule has 0 aromatic heterocycles. The van der Waals surface area contributed by atoms with Crippen molar-refractivity contribution in [3.8, 4) is 0 Å². The summed E-state index contributed by atoms with van der Waals surface area (Å²) in [7, 11) is 0. The lowest BCUT2D eigenvalue weighted by Crippen LogP contribution is -2.46. The van der Waals surface area contributed by atoms with E-state index >= 15 is 0 Å². The van der Waals surface area contributed by atoms with Crippen molar-refractivity contribution < 1.29 is 14.7 Å².